The van der Waals surface area contributed by atoms with Crippen molar-refractivity contribution in [2.45, 2.75) is 5.92 Å². The predicted molar refractivity (Wildman–Crippen MR) is 191 cm³/mol. The summed E-state index contributed by atoms with van der Waals surface area (Å²) in [6.07, 6.45) is 1.94. The van der Waals surface area contributed by atoms with Crippen molar-refractivity contribution in [2.75, 3.05) is 16.3 Å². The van der Waals surface area contributed by atoms with Crippen molar-refractivity contribution in [3.05, 3.63) is 181 Å². The number of nitrogens with zero attached hydrogens (tertiary/aromatic N) is 3. The van der Waals surface area contributed by atoms with Gasteiger partial charge in [0.15, 0.2) is 0 Å². The first-order chi connectivity index (χ1) is 22.8. The smallest absolute Gasteiger partial charge is 0.0575 e. The summed E-state index contributed by atoms with van der Waals surface area (Å²) < 4.78 is 0. The summed E-state index contributed by atoms with van der Waals surface area (Å²) in [4.78, 5) is 9.74. The van der Waals surface area contributed by atoms with Gasteiger partial charge < -0.3 is 9.80 Å². The highest BCUT2D eigenvalue weighted by Gasteiger charge is 2.37. The average molecular weight is 590 g/mol. The van der Waals surface area contributed by atoms with Crippen LogP contribution in [0.4, 0.5) is 28.4 Å². The molecule has 218 valence electrons. The quantitative estimate of drug-likeness (QED) is 0.199. The molecule has 9 rings (SSSR count). The van der Waals surface area contributed by atoms with E-state index in [-0.39, 0.29) is 5.92 Å². The van der Waals surface area contributed by atoms with Crippen LogP contribution in [0.15, 0.2) is 170 Å². The van der Waals surface area contributed by atoms with Crippen LogP contribution in [-0.2, 0) is 0 Å². The number of anilines is 5. The van der Waals surface area contributed by atoms with Gasteiger partial charge in [0.2, 0.25) is 0 Å². The molecule has 3 heteroatoms. The highest BCUT2D eigenvalue weighted by molar-refractivity contribution is 5.93. The van der Waals surface area contributed by atoms with Gasteiger partial charge in [0.1, 0.15) is 0 Å². The molecule has 2 heterocycles. The van der Waals surface area contributed by atoms with Gasteiger partial charge in [-0.15, -0.1) is 0 Å². The van der Waals surface area contributed by atoms with Crippen LogP contribution in [-0.4, -0.2) is 11.5 Å². The van der Waals surface area contributed by atoms with Crippen molar-refractivity contribution < 1.29 is 0 Å². The molecule has 2 aliphatic rings. The second-order valence-electron chi connectivity index (χ2n) is 12.0. The maximum absolute atomic E-state index is 4.97. The molecule has 0 bridgehead atoms. The Morgan fingerprint density at radius 2 is 1.02 bits per heavy atom. The summed E-state index contributed by atoms with van der Waals surface area (Å²) in [6.45, 7) is 0.868. The summed E-state index contributed by atoms with van der Waals surface area (Å²) in [5, 5.41) is 0. The van der Waals surface area contributed by atoms with Crippen molar-refractivity contribution in [3.63, 3.8) is 0 Å². The first-order valence-corrected chi connectivity index (χ1v) is 15.9. The van der Waals surface area contributed by atoms with Crippen LogP contribution in [0, 0.1) is 0 Å². The van der Waals surface area contributed by atoms with Gasteiger partial charge >= 0.3 is 0 Å². The highest BCUT2D eigenvalue weighted by Crippen LogP contribution is 2.53. The molecule has 6 aromatic carbocycles. The van der Waals surface area contributed by atoms with Gasteiger partial charge in [-0.3, -0.25) is 4.98 Å². The fourth-order valence-corrected chi connectivity index (χ4v) is 7.34. The molecule has 7 aromatic rings. The number of hydrogen-bond acceptors (Lipinski definition) is 3. The normalized spacial score (nSPS) is 14.2. The van der Waals surface area contributed by atoms with E-state index in [0.29, 0.717) is 0 Å². The second-order valence-corrected chi connectivity index (χ2v) is 12.0. The minimum absolute atomic E-state index is 0.208. The fourth-order valence-electron chi connectivity index (χ4n) is 7.34. The molecule has 0 radical (unpaired) electrons. The lowest BCUT2D eigenvalue weighted by molar-refractivity contribution is 0.829. The third kappa shape index (κ3) is 4.32. The van der Waals surface area contributed by atoms with E-state index in [9.17, 15) is 0 Å². The molecule has 1 aliphatic heterocycles. The first-order valence-electron chi connectivity index (χ1n) is 15.9. The minimum atomic E-state index is 0.208. The Kier molecular flexibility index (Phi) is 6.27. The van der Waals surface area contributed by atoms with E-state index in [1.807, 2.05) is 6.20 Å². The molecule has 1 aliphatic carbocycles. The van der Waals surface area contributed by atoms with Crippen molar-refractivity contribution >= 4 is 28.4 Å². The number of pyridine rings is 1. The first kappa shape index (κ1) is 26.5. The van der Waals surface area contributed by atoms with Gasteiger partial charge in [-0.2, -0.15) is 0 Å². The van der Waals surface area contributed by atoms with E-state index in [4.69, 9.17) is 4.98 Å². The van der Waals surface area contributed by atoms with Crippen LogP contribution >= 0.6 is 0 Å². The van der Waals surface area contributed by atoms with Crippen LogP contribution in [0.2, 0.25) is 0 Å². The lowest BCUT2D eigenvalue weighted by atomic mass is 9.92. The number of para-hydroxylation sites is 2. The summed E-state index contributed by atoms with van der Waals surface area (Å²) in [5.74, 6) is 0.208. The zero-order valence-corrected chi connectivity index (χ0v) is 25.3. The Morgan fingerprint density at radius 3 is 1.70 bits per heavy atom. The van der Waals surface area contributed by atoms with E-state index >= 15 is 0 Å². The fraction of sp³-hybridized carbons (Fsp3) is 0.0465. The van der Waals surface area contributed by atoms with Crippen LogP contribution in [0.5, 0.6) is 0 Å². The third-order valence-electron chi connectivity index (χ3n) is 9.43. The largest absolute Gasteiger partial charge is 0.340 e. The number of benzene rings is 6. The van der Waals surface area contributed by atoms with Gasteiger partial charge in [-0.05, 0) is 94.0 Å². The van der Waals surface area contributed by atoms with E-state index in [0.717, 1.165) is 23.6 Å². The topological polar surface area (TPSA) is 19.4 Å². The van der Waals surface area contributed by atoms with Crippen LogP contribution in [0.1, 0.15) is 17.2 Å². The van der Waals surface area contributed by atoms with Crippen LogP contribution < -0.4 is 9.80 Å². The van der Waals surface area contributed by atoms with Gasteiger partial charge in [0, 0.05) is 52.7 Å². The zero-order valence-electron chi connectivity index (χ0n) is 25.3. The molecular weight excluding hydrogens is 558 g/mol. The lowest BCUT2D eigenvalue weighted by Gasteiger charge is -2.25. The Balaban J connectivity index is 1.05. The standard InChI is InChI=1S/C43H31N3/c1-3-11-33(12-4-1)46(34-13-5-2-6-14-34)35-26-22-31(23-27-35)30-20-24-32(25-21-30)45-29-40-42-38(17-9-19-41(42)45)36-15-7-8-16-37(36)39-18-10-28-44-43(39)40/h1-28,40H,29H2. The van der Waals surface area contributed by atoms with E-state index in [2.05, 4.69) is 174 Å². The van der Waals surface area contributed by atoms with Gasteiger partial charge in [-0.1, -0.05) is 103 Å². The monoisotopic (exact) mass is 589 g/mol. The molecule has 3 nitrogen and oxygen atoms in total. The van der Waals surface area contributed by atoms with Crippen LogP contribution in [0.3, 0.4) is 0 Å². The maximum atomic E-state index is 4.97. The number of aromatic nitrogens is 1. The molecule has 0 spiro atoms. The van der Waals surface area contributed by atoms with Crippen molar-refractivity contribution in [2.24, 2.45) is 0 Å². The zero-order chi connectivity index (χ0) is 30.5. The van der Waals surface area contributed by atoms with Gasteiger partial charge in [-0.25, -0.2) is 0 Å². The third-order valence-corrected chi connectivity index (χ3v) is 9.43. The number of rotatable bonds is 5. The van der Waals surface area contributed by atoms with E-state index < -0.39 is 0 Å². The molecule has 1 atom stereocenters. The average Bonchev–Trinajstić information content (AvgIpc) is 3.48. The molecule has 1 unspecified atom stereocenters. The van der Waals surface area contributed by atoms with Crippen LogP contribution in [0.25, 0.3) is 33.4 Å². The Morgan fingerprint density at radius 1 is 0.478 bits per heavy atom. The molecule has 46 heavy (non-hydrogen) atoms. The molecule has 0 saturated carbocycles. The molecule has 0 amide bonds. The van der Waals surface area contributed by atoms with E-state index in [1.54, 1.807) is 0 Å². The van der Waals surface area contributed by atoms with Crippen molar-refractivity contribution in [3.8, 4) is 33.4 Å². The maximum Gasteiger partial charge on any atom is 0.0575 e. The Hall–Kier alpha value is -5.93. The van der Waals surface area contributed by atoms with Crippen molar-refractivity contribution in [1.82, 2.24) is 4.98 Å². The summed E-state index contributed by atoms with van der Waals surface area (Å²) >= 11 is 0. The summed E-state index contributed by atoms with van der Waals surface area (Å²) in [7, 11) is 0. The van der Waals surface area contributed by atoms with E-state index in [1.165, 1.54) is 56.0 Å². The molecule has 0 fully saturated rings. The summed E-state index contributed by atoms with van der Waals surface area (Å²) in [6, 6.07) is 58.8. The number of fused-ring (bicyclic) bond motifs is 5. The SMILES string of the molecule is c1ccc(N(c2ccccc2)c2ccc(-c3ccc(N4CC5c6ncccc6-c6ccccc6-c6cccc4c65)cc3)cc2)cc1. The van der Waals surface area contributed by atoms with Gasteiger partial charge in [0.05, 0.1) is 5.69 Å². The second kappa shape index (κ2) is 10.9. The number of hydrogen-bond donors (Lipinski definition) is 0. The highest BCUT2D eigenvalue weighted by atomic mass is 15.2. The molecule has 0 N–H and O–H groups in total. The lowest BCUT2D eigenvalue weighted by Crippen LogP contribution is -2.17. The Labute approximate surface area is 269 Å². The molecule has 0 saturated heterocycles. The predicted octanol–water partition coefficient (Wildman–Crippen LogP) is 11.1. The van der Waals surface area contributed by atoms with Gasteiger partial charge in [0.25, 0.3) is 0 Å². The minimum Gasteiger partial charge on any atom is -0.340 e. The summed E-state index contributed by atoms with van der Waals surface area (Å²) in [5.41, 5.74) is 15.9. The Bertz CT molecular complexity index is 2130. The molecule has 1 aromatic heterocycles. The molecular formula is C43H31N3. The van der Waals surface area contributed by atoms with Crippen molar-refractivity contribution in [1.29, 1.82) is 0 Å².